The number of anilines is 1. The molecule has 3 rings (SSSR count). The molecule has 1 unspecified atom stereocenters. The lowest BCUT2D eigenvalue weighted by Gasteiger charge is -2.39. The van der Waals surface area contributed by atoms with E-state index in [1.807, 2.05) is 12.1 Å². The quantitative estimate of drug-likeness (QED) is 0.748. The second-order valence-electron chi connectivity index (χ2n) is 4.86. The van der Waals surface area contributed by atoms with Crippen LogP contribution in [0, 0.1) is 0 Å². The van der Waals surface area contributed by atoms with E-state index in [0.29, 0.717) is 6.04 Å². The van der Waals surface area contributed by atoms with Crippen molar-refractivity contribution in [3.63, 3.8) is 0 Å². The number of fused-ring (bicyclic) bond motifs is 3. The lowest BCUT2D eigenvalue weighted by atomic mass is 10.2. The molecule has 2 atom stereocenters. The van der Waals surface area contributed by atoms with E-state index in [-0.39, 0.29) is 5.37 Å². The van der Waals surface area contributed by atoms with Crippen LogP contribution >= 0.6 is 0 Å². The average molecular weight is 251 g/mol. The van der Waals surface area contributed by atoms with E-state index in [9.17, 15) is 4.21 Å². The fourth-order valence-electron chi connectivity index (χ4n) is 2.57. The van der Waals surface area contributed by atoms with Gasteiger partial charge in [-0.3, -0.25) is 9.11 Å². The van der Waals surface area contributed by atoms with Gasteiger partial charge in [-0.1, -0.05) is 0 Å². The van der Waals surface area contributed by atoms with Crippen molar-refractivity contribution in [3.05, 3.63) is 18.3 Å². The highest BCUT2D eigenvalue weighted by atomic mass is 32.2. The Morgan fingerprint density at radius 1 is 1.47 bits per heavy atom. The molecular weight excluding hydrogens is 234 g/mol. The van der Waals surface area contributed by atoms with E-state index in [4.69, 9.17) is 0 Å². The van der Waals surface area contributed by atoms with Gasteiger partial charge in [0.05, 0.1) is 15.7 Å². The standard InChI is InChI=1S/C12H17N3OS/c1-9(2)14-6-7-15-11(8-14)17(16)10-4-3-5-13-12(10)15/h3-5,9,11H,6-8H2,1-2H3/t11-,17?/m0/s1. The van der Waals surface area contributed by atoms with Gasteiger partial charge in [-0.15, -0.1) is 0 Å². The van der Waals surface area contributed by atoms with E-state index in [2.05, 4.69) is 28.6 Å². The van der Waals surface area contributed by atoms with Gasteiger partial charge in [0.2, 0.25) is 0 Å². The number of hydrogen-bond donors (Lipinski definition) is 0. The van der Waals surface area contributed by atoms with E-state index in [1.165, 1.54) is 0 Å². The number of hydrogen-bond acceptors (Lipinski definition) is 4. The van der Waals surface area contributed by atoms with Gasteiger partial charge in [0.1, 0.15) is 11.2 Å². The predicted octanol–water partition coefficient (Wildman–Crippen LogP) is 1.06. The Morgan fingerprint density at radius 3 is 3.06 bits per heavy atom. The summed E-state index contributed by atoms with van der Waals surface area (Å²) >= 11 is 0. The minimum absolute atomic E-state index is 0.0936. The molecule has 1 aromatic rings. The second-order valence-corrected chi connectivity index (χ2v) is 6.44. The monoisotopic (exact) mass is 251 g/mol. The summed E-state index contributed by atoms with van der Waals surface area (Å²) in [7, 11) is -0.930. The molecule has 0 saturated carbocycles. The maximum atomic E-state index is 12.4. The molecule has 17 heavy (non-hydrogen) atoms. The van der Waals surface area contributed by atoms with Crippen LogP contribution in [0.5, 0.6) is 0 Å². The number of pyridine rings is 1. The fraction of sp³-hybridized carbons (Fsp3) is 0.583. The predicted molar refractivity (Wildman–Crippen MR) is 68.5 cm³/mol. The topological polar surface area (TPSA) is 36.4 Å². The third-order valence-electron chi connectivity index (χ3n) is 3.58. The zero-order valence-electron chi connectivity index (χ0n) is 10.2. The van der Waals surface area contributed by atoms with Crippen LogP contribution in [0.25, 0.3) is 0 Å². The first kappa shape index (κ1) is 11.2. The van der Waals surface area contributed by atoms with Crippen molar-refractivity contribution in [2.24, 2.45) is 0 Å². The van der Waals surface area contributed by atoms with Crippen molar-refractivity contribution in [2.75, 3.05) is 24.5 Å². The number of aromatic nitrogens is 1. The van der Waals surface area contributed by atoms with Gasteiger partial charge in [-0.25, -0.2) is 4.98 Å². The molecule has 1 saturated heterocycles. The van der Waals surface area contributed by atoms with Crippen LogP contribution in [0.4, 0.5) is 5.82 Å². The number of nitrogens with zero attached hydrogens (tertiary/aromatic N) is 3. The minimum Gasteiger partial charge on any atom is -0.338 e. The van der Waals surface area contributed by atoms with E-state index < -0.39 is 10.8 Å². The van der Waals surface area contributed by atoms with Crippen molar-refractivity contribution in [1.29, 1.82) is 0 Å². The van der Waals surface area contributed by atoms with Gasteiger partial charge in [-0.2, -0.15) is 0 Å². The maximum absolute atomic E-state index is 12.4. The zero-order chi connectivity index (χ0) is 12.0. The molecule has 0 spiro atoms. The summed E-state index contributed by atoms with van der Waals surface area (Å²) in [5.74, 6) is 0.930. The van der Waals surface area contributed by atoms with Crippen LogP contribution in [-0.4, -0.2) is 45.1 Å². The molecule has 2 aliphatic rings. The van der Waals surface area contributed by atoms with Crippen molar-refractivity contribution >= 4 is 16.6 Å². The average Bonchev–Trinajstić information content (AvgIpc) is 2.64. The first-order valence-corrected chi connectivity index (χ1v) is 7.26. The summed E-state index contributed by atoms with van der Waals surface area (Å²) in [6, 6.07) is 4.33. The lowest BCUT2D eigenvalue weighted by molar-refractivity contribution is 0.201. The maximum Gasteiger partial charge on any atom is 0.145 e. The van der Waals surface area contributed by atoms with Crippen LogP contribution in [0.3, 0.4) is 0 Å². The molecule has 92 valence electrons. The number of rotatable bonds is 1. The molecule has 0 bridgehead atoms. The van der Waals surface area contributed by atoms with Gasteiger partial charge < -0.3 is 4.90 Å². The third-order valence-corrected chi connectivity index (χ3v) is 5.23. The Kier molecular flexibility index (Phi) is 2.67. The summed E-state index contributed by atoms with van der Waals surface area (Å²) in [5.41, 5.74) is 0. The molecule has 0 radical (unpaired) electrons. The summed E-state index contributed by atoms with van der Waals surface area (Å²) in [5, 5.41) is 0.0936. The van der Waals surface area contributed by atoms with Gasteiger partial charge in [0.15, 0.2) is 0 Å². The highest BCUT2D eigenvalue weighted by Crippen LogP contribution is 2.35. The van der Waals surface area contributed by atoms with Crippen molar-refractivity contribution in [1.82, 2.24) is 9.88 Å². The van der Waals surface area contributed by atoms with Crippen LogP contribution < -0.4 is 4.90 Å². The van der Waals surface area contributed by atoms with Crippen molar-refractivity contribution in [2.45, 2.75) is 30.2 Å². The van der Waals surface area contributed by atoms with Crippen LogP contribution in [0.1, 0.15) is 13.8 Å². The molecule has 0 aliphatic carbocycles. The molecule has 4 nitrogen and oxygen atoms in total. The number of piperazine rings is 1. The molecular formula is C12H17N3OS. The Balaban J connectivity index is 1.92. The van der Waals surface area contributed by atoms with Crippen LogP contribution in [0.15, 0.2) is 23.2 Å². The van der Waals surface area contributed by atoms with Gasteiger partial charge in [0, 0.05) is 31.9 Å². The van der Waals surface area contributed by atoms with Crippen LogP contribution in [-0.2, 0) is 10.8 Å². The minimum atomic E-state index is -0.930. The van der Waals surface area contributed by atoms with E-state index in [0.717, 1.165) is 30.3 Å². The summed E-state index contributed by atoms with van der Waals surface area (Å²) < 4.78 is 12.4. The Labute approximate surface area is 104 Å². The van der Waals surface area contributed by atoms with Crippen molar-refractivity contribution in [3.8, 4) is 0 Å². The molecule has 0 amide bonds. The molecule has 3 heterocycles. The smallest absolute Gasteiger partial charge is 0.145 e. The highest BCUT2D eigenvalue weighted by Gasteiger charge is 2.41. The third kappa shape index (κ3) is 1.68. The summed E-state index contributed by atoms with van der Waals surface area (Å²) in [6.45, 7) is 7.22. The normalized spacial score (nSPS) is 28.3. The van der Waals surface area contributed by atoms with Gasteiger partial charge >= 0.3 is 0 Å². The molecule has 0 N–H and O–H groups in total. The first-order valence-electron chi connectivity index (χ1n) is 6.05. The lowest BCUT2D eigenvalue weighted by Crippen LogP contribution is -2.54. The summed E-state index contributed by atoms with van der Waals surface area (Å²) in [6.07, 6.45) is 1.78. The Bertz CT molecular complexity index is 463. The first-order chi connectivity index (χ1) is 8.18. The van der Waals surface area contributed by atoms with Crippen molar-refractivity contribution < 1.29 is 4.21 Å². The Morgan fingerprint density at radius 2 is 2.29 bits per heavy atom. The molecule has 1 aromatic heterocycles. The van der Waals surface area contributed by atoms with E-state index >= 15 is 0 Å². The molecule has 5 heteroatoms. The fourth-order valence-corrected chi connectivity index (χ4v) is 4.19. The highest BCUT2D eigenvalue weighted by molar-refractivity contribution is 7.86. The molecule has 1 fully saturated rings. The van der Waals surface area contributed by atoms with E-state index in [1.54, 1.807) is 6.20 Å². The SMILES string of the molecule is CC(C)N1CCN2c3ncccc3S(=O)[C@H]2C1. The zero-order valence-corrected chi connectivity index (χ0v) is 11.0. The largest absolute Gasteiger partial charge is 0.338 e. The Hall–Kier alpha value is -0.940. The van der Waals surface area contributed by atoms with Crippen LogP contribution in [0.2, 0.25) is 0 Å². The van der Waals surface area contributed by atoms with Gasteiger partial charge in [0.25, 0.3) is 0 Å². The summed E-state index contributed by atoms with van der Waals surface area (Å²) in [4.78, 5) is 9.89. The van der Waals surface area contributed by atoms with Gasteiger partial charge in [-0.05, 0) is 26.0 Å². The molecule has 0 aromatic carbocycles. The second kappa shape index (κ2) is 4.07. The molecule has 2 aliphatic heterocycles.